The van der Waals surface area contributed by atoms with Crippen molar-refractivity contribution in [2.24, 2.45) is 17.8 Å². The molecule has 1 aromatic rings. The van der Waals surface area contributed by atoms with Crippen molar-refractivity contribution in [3.8, 4) is 17.2 Å². The van der Waals surface area contributed by atoms with Crippen LogP contribution in [-0.4, -0.2) is 54.1 Å². The first-order valence-corrected chi connectivity index (χ1v) is 10.3. The normalized spacial score (nSPS) is 31.9. The minimum Gasteiger partial charge on any atom is -0.493 e. The summed E-state index contributed by atoms with van der Waals surface area (Å²) in [5, 5.41) is 0. The Morgan fingerprint density at radius 1 is 0.852 bits per heavy atom. The van der Waals surface area contributed by atoms with Gasteiger partial charge in [-0.2, -0.15) is 0 Å². The Kier molecular flexibility index (Phi) is 5.60. The molecule has 3 aliphatic rings. The van der Waals surface area contributed by atoms with E-state index in [1.54, 1.807) is 26.2 Å². The Morgan fingerprint density at radius 3 is 2.19 bits per heavy atom. The first kappa shape index (κ1) is 18.6. The van der Waals surface area contributed by atoms with E-state index in [4.69, 9.17) is 14.2 Å². The molecule has 0 radical (unpaired) electrons. The number of allylic oxidation sites excluding steroid dienone is 2. The molecule has 0 aromatic heterocycles. The third kappa shape index (κ3) is 3.81. The highest BCUT2D eigenvalue weighted by molar-refractivity contribution is 5.55. The van der Waals surface area contributed by atoms with Crippen LogP contribution in [0.5, 0.6) is 17.2 Å². The molecule has 2 aliphatic carbocycles. The van der Waals surface area contributed by atoms with Crippen LogP contribution in [0.4, 0.5) is 0 Å². The predicted molar refractivity (Wildman–Crippen MR) is 105 cm³/mol. The maximum Gasteiger partial charge on any atom is 0.203 e. The van der Waals surface area contributed by atoms with Crippen molar-refractivity contribution < 1.29 is 24.0 Å². The molecule has 27 heavy (non-hydrogen) atoms. The van der Waals surface area contributed by atoms with E-state index in [9.17, 15) is 0 Å². The van der Waals surface area contributed by atoms with Gasteiger partial charge in [-0.3, -0.25) is 0 Å². The molecule has 2 N–H and O–H groups in total. The van der Waals surface area contributed by atoms with Crippen LogP contribution in [0.1, 0.15) is 18.4 Å². The van der Waals surface area contributed by atoms with Gasteiger partial charge in [0.1, 0.15) is 32.7 Å². The van der Waals surface area contributed by atoms with Crippen LogP contribution >= 0.6 is 0 Å². The van der Waals surface area contributed by atoms with E-state index in [2.05, 4.69) is 18.2 Å². The second-order valence-corrected chi connectivity index (χ2v) is 8.41. The second kappa shape index (κ2) is 8.11. The number of nitrogens with one attached hydrogen (secondary N) is 2. The van der Waals surface area contributed by atoms with E-state index in [0.29, 0.717) is 5.75 Å². The molecule has 4 rings (SSSR count). The summed E-state index contributed by atoms with van der Waals surface area (Å²) < 4.78 is 16.6. The Morgan fingerprint density at radius 2 is 1.59 bits per heavy atom. The van der Waals surface area contributed by atoms with Crippen LogP contribution in [0.3, 0.4) is 0 Å². The molecule has 1 heterocycles. The monoisotopic (exact) mass is 374 g/mol. The lowest BCUT2D eigenvalue weighted by Crippen LogP contribution is -3.27. The van der Waals surface area contributed by atoms with Crippen molar-refractivity contribution in [1.82, 2.24) is 0 Å². The summed E-state index contributed by atoms with van der Waals surface area (Å²) >= 11 is 0. The molecule has 2 bridgehead atoms. The van der Waals surface area contributed by atoms with Crippen LogP contribution in [0.2, 0.25) is 0 Å². The lowest BCUT2D eigenvalue weighted by molar-refractivity contribution is -1.02. The highest BCUT2D eigenvalue weighted by Crippen LogP contribution is 2.42. The minimum atomic E-state index is 0.700. The third-order valence-corrected chi connectivity index (χ3v) is 6.86. The number of hydrogen-bond acceptors (Lipinski definition) is 3. The van der Waals surface area contributed by atoms with Crippen LogP contribution < -0.4 is 24.0 Å². The van der Waals surface area contributed by atoms with Gasteiger partial charge >= 0.3 is 0 Å². The lowest BCUT2D eigenvalue weighted by Gasteiger charge is -2.32. The Bertz CT molecular complexity index is 682. The van der Waals surface area contributed by atoms with Crippen molar-refractivity contribution in [1.29, 1.82) is 0 Å². The summed E-state index contributed by atoms with van der Waals surface area (Å²) in [5.74, 6) is 4.94. The van der Waals surface area contributed by atoms with Gasteiger partial charge in [0.05, 0.1) is 33.4 Å². The second-order valence-electron chi connectivity index (χ2n) is 8.41. The largest absolute Gasteiger partial charge is 0.493 e. The van der Waals surface area contributed by atoms with Gasteiger partial charge < -0.3 is 24.0 Å². The molecule has 2 fully saturated rings. The summed E-state index contributed by atoms with van der Waals surface area (Å²) in [7, 11) is 5.04. The highest BCUT2D eigenvalue weighted by Gasteiger charge is 2.38. The molecule has 1 saturated carbocycles. The molecule has 0 spiro atoms. The summed E-state index contributed by atoms with van der Waals surface area (Å²) in [6.45, 7) is 7.37. The number of ether oxygens (including phenoxy) is 3. The summed E-state index contributed by atoms with van der Waals surface area (Å²) in [6.07, 6.45) is 7.80. The quantitative estimate of drug-likeness (QED) is 0.670. The Labute approximate surface area is 162 Å². The van der Waals surface area contributed by atoms with Crippen LogP contribution in [0, 0.1) is 17.8 Å². The van der Waals surface area contributed by atoms with Crippen molar-refractivity contribution in [2.45, 2.75) is 19.4 Å². The van der Waals surface area contributed by atoms with E-state index >= 15 is 0 Å². The molecule has 0 unspecified atom stereocenters. The number of fused-ring (bicyclic) bond motifs is 2. The average Bonchev–Trinajstić information content (AvgIpc) is 3.32. The zero-order chi connectivity index (χ0) is 18.8. The number of methoxy groups -OCH3 is 3. The van der Waals surface area contributed by atoms with Crippen molar-refractivity contribution in [3.63, 3.8) is 0 Å². The SMILES string of the molecule is COc1ccc(C[NH+]2CC[NH+](C[C@H]3C[C@@H]4C=C[C@H]3C4)CC2)c(OC)c1OC. The molecule has 148 valence electrons. The van der Waals surface area contributed by atoms with E-state index in [1.165, 1.54) is 51.1 Å². The van der Waals surface area contributed by atoms with Crippen molar-refractivity contribution in [2.75, 3.05) is 54.1 Å². The molecule has 5 heteroatoms. The zero-order valence-corrected chi connectivity index (χ0v) is 16.9. The van der Waals surface area contributed by atoms with Crippen LogP contribution in [-0.2, 0) is 6.54 Å². The minimum absolute atomic E-state index is 0.700. The van der Waals surface area contributed by atoms with Gasteiger partial charge in [-0.1, -0.05) is 12.2 Å². The average molecular weight is 375 g/mol. The number of hydrogen-bond donors (Lipinski definition) is 2. The number of benzene rings is 1. The highest BCUT2D eigenvalue weighted by atomic mass is 16.5. The fourth-order valence-electron chi connectivity index (χ4n) is 5.41. The smallest absolute Gasteiger partial charge is 0.203 e. The Hall–Kier alpha value is -1.72. The lowest BCUT2D eigenvalue weighted by atomic mass is 9.93. The number of piperazine rings is 1. The summed E-state index contributed by atoms with van der Waals surface area (Å²) in [6, 6.07) is 4.11. The van der Waals surface area contributed by atoms with Gasteiger partial charge in [-0.15, -0.1) is 0 Å². The first-order valence-electron chi connectivity index (χ1n) is 10.3. The van der Waals surface area contributed by atoms with Crippen molar-refractivity contribution >= 4 is 0 Å². The van der Waals surface area contributed by atoms with Gasteiger partial charge in [-0.05, 0) is 36.8 Å². The molecular weight excluding hydrogens is 340 g/mol. The molecule has 1 aliphatic heterocycles. The van der Waals surface area contributed by atoms with Gasteiger partial charge in [0, 0.05) is 5.92 Å². The molecule has 3 atom stereocenters. The maximum atomic E-state index is 5.66. The topological polar surface area (TPSA) is 36.6 Å². The standard InChI is InChI=1S/C22H32N2O3/c1-25-20-7-6-18(21(26-2)22(20)27-3)14-23-8-10-24(11-9-23)15-19-13-16-4-5-17(19)12-16/h4-7,16-17,19H,8-15H2,1-3H3/p+2/t16-,17+,19-/m1/s1. The van der Waals surface area contributed by atoms with Gasteiger partial charge in [0.2, 0.25) is 5.75 Å². The van der Waals surface area contributed by atoms with E-state index in [-0.39, 0.29) is 0 Å². The number of rotatable bonds is 7. The summed E-state index contributed by atoms with van der Waals surface area (Å²) in [4.78, 5) is 3.45. The van der Waals surface area contributed by atoms with E-state index in [1.807, 2.05) is 11.0 Å². The predicted octanol–water partition coefficient (Wildman–Crippen LogP) is 0.208. The van der Waals surface area contributed by atoms with Crippen LogP contribution in [0.25, 0.3) is 0 Å². The Balaban J connectivity index is 1.33. The molecule has 1 saturated heterocycles. The van der Waals surface area contributed by atoms with Gasteiger partial charge in [0.25, 0.3) is 0 Å². The van der Waals surface area contributed by atoms with Crippen molar-refractivity contribution in [3.05, 3.63) is 29.8 Å². The molecule has 1 aromatic carbocycles. The fraction of sp³-hybridized carbons (Fsp3) is 0.636. The zero-order valence-electron chi connectivity index (χ0n) is 16.9. The molecular formula is C22H34N2O3+2. The number of quaternary nitrogens is 2. The summed E-state index contributed by atoms with van der Waals surface area (Å²) in [5.41, 5.74) is 1.20. The fourth-order valence-corrected chi connectivity index (χ4v) is 5.41. The van der Waals surface area contributed by atoms with Gasteiger partial charge in [0.15, 0.2) is 11.5 Å². The van der Waals surface area contributed by atoms with Crippen LogP contribution in [0.15, 0.2) is 24.3 Å². The van der Waals surface area contributed by atoms with Gasteiger partial charge in [-0.25, -0.2) is 0 Å². The van der Waals surface area contributed by atoms with E-state index < -0.39 is 0 Å². The molecule has 0 amide bonds. The first-order chi connectivity index (χ1) is 13.2. The third-order valence-electron chi connectivity index (χ3n) is 6.86. The van der Waals surface area contributed by atoms with E-state index in [0.717, 1.165) is 35.8 Å². The maximum absolute atomic E-state index is 5.66. The molecule has 5 nitrogen and oxygen atoms in total.